The SMILES string of the molecule is Cc1ccc(NC(=O)Nc2nnc(CCSCCc3nnc(OC(=N)Nc4ccc([N+](=O)[O-])cc4)s3)s2)cc1. The van der Waals surface area contributed by atoms with E-state index in [0.29, 0.717) is 22.9 Å². The Morgan fingerprint density at radius 3 is 2.23 bits per heavy atom. The Morgan fingerprint density at radius 1 is 0.923 bits per heavy atom. The van der Waals surface area contributed by atoms with Crippen molar-refractivity contribution in [3.8, 4) is 5.19 Å². The van der Waals surface area contributed by atoms with E-state index in [1.165, 1.54) is 46.9 Å². The summed E-state index contributed by atoms with van der Waals surface area (Å²) in [5.74, 6) is 1.64. The third-order valence-corrected chi connectivity index (χ3v) is 7.64. The molecule has 0 aliphatic rings. The molecule has 4 rings (SSSR count). The van der Waals surface area contributed by atoms with E-state index >= 15 is 0 Å². The fourth-order valence-corrected chi connectivity index (χ4v) is 5.58. The minimum atomic E-state index is -0.493. The molecule has 0 radical (unpaired) electrons. The van der Waals surface area contributed by atoms with Crippen LogP contribution in [0.2, 0.25) is 0 Å². The van der Waals surface area contributed by atoms with E-state index in [4.69, 9.17) is 10.1 Å². The first-order chi connectivity index (χ1) is 18.8. The third-order valence-electron chi connectivity index (χ3n) is 4.89. The molecule has 0 unspecified atom stereocenters. The zero-order valence-electron chi connectivity index (χ0n) is 20.5. The lowest BCUT2D eigenvalue weighted by Gasteiger charge is -2.06. The van der Waals surface area contributed by atoms with Crippen molar-refractivity contribution in [3.63, 3.8) is 0 Å². The van der Waals surface area contributed by atoms with Crippen LogP contribution < -0.4 is 20.7 Å². The van der Waals surface area contributed by atoms with Crippen molar-refractivity contribution in [1.29, 1.82) is 5.41 Å². The minimum Gasteiger partial charge on any atom is -0.396 e. The van der Waals surface area contributed by atoms with Gasteiger partial charge in [0, 0.05) is 36.3 Å². The van der Waals surface area contributed by atoms with Crippen LogP contribution in [0.25, 0.3) is 0 Å². The lowest BCUT2D eigenvalue weighted by Crippen LogP contribution is -2.19. The average molecular weight is 586 g/mol. The molecule has 0 spiro atoms. The first-order valence-electron chi connectivity index (χ1n) is 11.5. The molecule has 16 heteroatoms. The number of amides is 2. The molecule has 0 fully saturated rings. The summed E-state index contributed by atoms with van der Waals surface area (Å²) in [7, 11) is 0. The van der Waals surface area contributed by atoms with Crippen LogP contribution in [-0.2, 0) is 12.8 Å². The highest BCUT2D eigenvalue weighted by molar-refractivity contribution is 7.99. The van der Waals surface area contributed by atoms with Gasteiger partial charge in [0.25, 0.3) is 11.7 Å². The van der Waals surface area contributed by atoms with Gasteiger partial charge in [0.15, 0.2) is 0 Å². The Kier molecular flexibility index (Phi) is 9.71. The number of hydrogen-bond acceptors (Lipinski definition) is 12. The number of hydrogen-bond donors (Lipinski definition) is 4. The smallest absolute Gasteiger partial charge is 0.325 e. The number of aryl methyl sites for hydroxylation is 3. The lowest BCUT2D eigenvalue weighted by atomic mass is 10.2. The van der Waals surface area contributed by atoms with Crippen molar-refractivity contribution >= 4 is 68.7 Å². The van der Waals surface area contributed by atoms with Crippen molar-refractivity contribution in [2.45, 2.75) is 19.8 Å². The van der Waals surface area contributed by atoms with E-state index in [1.807, 2.05) is 31.2 Å². The van der Waals surface area contributed by atoms with Crippen LogP contribution in [-0.4, -0.2) is 48.9 Å². The van der Waals surface area contributed by atoms with E-state index < -0.39 is 4.92 Å². The number of nitrogens with zero attached hydrogens (tertiary/aromatic N) is 5. The Balaban J connectivity index is 1.12. The van der Waals surface area contributed by atoms with Crippen molar-refractivity contribution in [1.82, 2.24) is 20.4 Å². The van der Waals surface area contributed by atoms with Crippen molar-refractivity contribution in [2.75, 3.05) is 27.5 Å². The maximum absolute atomic E-state index is 12.1. The highest BCUT2D eigenvalue weighted by Gasteiger charge is 2.11. The van der Waals surface area contributed by atoms with Gasteiger partial charge in [-0.15, -0.1) is 15.3 Å². The lowest BCUT2D eigenvalue weighted by molar-refractivity contribution is -0.384. The van der Waals surface area contributed by atoms with Crippen LogP contribution >= 0.6 is 34.4 Å². The normalized spacial score (nSPS) is 10.6. The van der Waals surface area contributed by atoms with Crippen molar-refractivity contribution < 1.29 is 14.5 Å². The third kappa shape index (κ3) is 8.98. The van der Waals surface area contributed by atoms with E-state index in [-0.39, 0.29) is 22.9 Å². The number of benzene rings is 2. The first-order valence-corrected chi connectivity index (χ1v) is 14.3. The molecule has 2 amide bonds. The number of urea groups is 1. The number of ether oxygens (including phenoxy) is 1. The highest BCUT2D eigenvalue weighted by Crippen LogP contribution is 2.22. The number of carbonyl (C=O) groups excluding carboxylic acids is 1. The predicted molar refractivity (Wildman–Crippen MR) is 153 cm³/mol. The number of non-ortho nitro benzene ring substituents is 1. The highest BCUT2D eigenvalue weighted by atomic mass is 32.2. The maximum atomic E-state index is 12.1. The number of anilines is 3. The number of nitro benzene ring substituents is 1. The molecule has 0 aliphatic heterocycles. The summed E-state index contributed by atoms with van der Waals surface area (Å²) in [6.45, 7) is 1.98. The summed E-state index contributed by atoms with van der Waals surface area (Å²) in [6, 6.07) is 12.5. The van der Waals surface area contributed by atoms with E-state index in [0.717, 1.165) is 33.5 Å². The molecule has 0 bridgehead atoms. The second-order valence-electron chi connectivity index (χ2n) is 7.88. The molecule has 2 aromatic heterocycles. The van der Waals surface area contributed by atoms with Crippen LogP contribution in [0.15, 0.2) is 48.5 Å². The van der Waals surface area contributed by atoms with Gasteiger partial charge in [-0.1, -0.05) is 45.5 Å². The molecule has 0 saturated carbocycles. The molecule has 0 aliphatic carbocycles. The maximum Gasteiger partial charge on any atom is 0.325 e. The number of amidine groups is 1. The van der Waals surface area contributed by atoms with Crippen LogP contribution in [0, 0.1) is 22.4 Å². The topological polar surface area (TPSA) is 181 Å². The summed E-state index contributed by atoms with van der Waals surface area (Å²) >= 11 is 4.32. The monoisotopic (exact) mass is 585 g/mol. The summed E-state index contributed by atoms with van der Waals surface area (Å²) in [5.41, 5.74) is 2.26. The van der Waals surface area contributed by atoms with Gasteiger partial charge in [0.1, 0.15) is 10.0 Å². The van der Waals surface area contributed by atoms with Gasteiger partial charge in [-0.25, -0.2) is 4.79 Å². The van der Waals surface area contributed by atoms with E-state index in [1.54, 1.807) is 11.8 Å². The molecular formula is C23H23N9O4S3. The van der Waals surface area contributed by atoms with Crippen LogP contribution in [0.5, 0.6) is 5.19 Å². The Morgan fingerprint density at radius 2 is 1.54 bits per heavy atom. The fraction of sp³-hybridized carbons (Fsp3) is 0.217. The standard InChI is InChI=1S/C23H23N9O4S3/c1-14-2-4-16(5-3-14)26-21(33)27-22-30-28-18(38-22)10-12-37-13-11-19-29-31-23(39-19)36-20(24)25-15-6-8-17(9-7-15)32(34)35/h2-9H,10-13H2,1H3,(H2,24,25)(H2,26,27,30,33). The quantitative estimate of drug-likeness (QED) is 0.0601. The van der Waals surface area contributed by atoms with Gasteiger partial charge < -0.3 is 15.4 Å². The second-order valence-corrected chi connectivity index (χ2v) is 11.2. The largest absolute Gasteiger partial charge is 0.396 e. The minimum absolute atomic E-state index is 0.0386. The number of nitrogens with one attached hydrogen (secondary N) is 4. The predicted octanol–water partition coefficient (Wildman–Crippen LogP) is 5.19. The van der Waals surface area contributed by atoms with E-state index in [9.17, 15) is 14.9 Å². The summed E-state index contributed by atoms with van der Waals surface area (Å²) in [6.07, 6.45) is 1.41. The summed E-state index contributed by atoms with van der Waals surface area (Å²) in [5, 5.41) is 45.3. The molecule has 0 saturated heterocycles. The molecule has 2 heterocycles. The molecule has 39 heavy (non-hydrogen) atoms. The number of aromatic nitrogens is 4. The van der Waals surface area contributed by atoms with Crippen LogP contribution in [0.1, 0.15) is 15.6 Å². The van der Waals surface area contributed by atoms with Crippen LogP contribution in [0.3, 0.4) is 0 Å². The van der Waals surface area contributed by atoms with Gasteiger partial charge in [0.05, 0.1) is 4.92 Å². The molecule has 0 atom stereocenters. The molecule has 4 aromatic rings. The second kappa shape index (κ2) is 13.6. The summed E-state index contributed by atoms with van der Waals surface area (Å²) < 4.78 is 5.36. The zero-order chi connectivity index (χ0) is 27.6. The van der Waals surface area contributed by atoms with Gasteiger partial charge in [-0.2, -0.15) is 11.8 Å². The molecule has 202 valence electrons. The Bertz CT molecular complexity index is 1430. The van der Waals surface area contributed by atoms with Crippen LogP contribution in [0.4, 0.5) is 27.0 Å². The van der Waals surface area contributed by atoms with Gasteiger partial charge in [0.2, 0.25) is 5.13 Å². The van der Waals surface area contributed by atoms with Gasteiger partial charge in [-0.05, 0) is 42.7 Å². The summed E-state index contributed by atoms with van der Waals surface area (Å²) in [4.78, 5) is 22.4. The van der Waals surface area contributed by atoms with Crippen molar-refractivity contribution in [2.24, 2.45) is 0 Å². The Hall–Kier alpha value is -4.15. The fourth-order valence-electron chi connectivity index (χ4n) is 3.01. The average Bonchev–Trinajstić information content (AvgIpc) is 3.54. The van der Waals surface area contributed by atoms with Crippen molar-refractivity contribution in [3.05, 3.63) is 74.2 Å². The van der Waals surface area contributed by atoms with Gasteiger partial charge in [-0.3, -0.25) is 20.8 Å². The van der Waals surface area contributed by atoms with Gasteiger partial charge >= 0.3 is 11.2 Å². The molecular weight excluding hydrogens is 563 g/mol. The number of thioether (sulfide) groups is 1. The Labute approximate surface area is 235 Å². The molecule has 2 aromatic carbocycles. The molecule has 4 N–H and O–H groups in total. The number of carbonyl (C=O) groups is 1. The number of rotatable bonds is 11. The first kappa shape index (κ1) is 27.9. The van der Waals surface area contributed by atoms with E-state index in [2.05, 4.69) is 36.3 Å². The molecule has 13 nitrogen and oxygen atoms in total. The zero-order valence-corrected chi connectivity index (χ0v) is 23.0. The number of nitro groups is 1.